The van der Waals surface area contributed by atoms with Crippen molar-refractivity contribution in [2.24, 2.45) is 5.41 Å². The lowest BCUT2D eigenvalue weighted by Crippen LogP contribution is -2.49. The van der Waals surface area contributed by atoms with Gasteiger partial charge >= 0.3 is 0 Å². The Hall–Kier alpha value is -2.13. The van der Waals surface area contributed by atoms with Gasteiger partial charge in [0.15, 0.2) is 11.6 Å². The Morgan fingerprint density at radius 3 is 2.28 bits per heavy atom. The van der Waals surface area contributed by atoms with E-state index in [2.05, 4.69) is 10.6 Å². The summed E-state index contributed by atoms with van der Waals surface area (Å²) in [5.41, 5.74) is -1.72. The summed E-state index contributed by atoms with van der Waals surface area (Å²) < 4.78 is 39.5. The Morgan fingerprint density at radius 2 is 1.72 bits per heavy atom. The number of amides is 2. The quantitative estimate of drug-likeness (QED) is 0.537. The fourth-order valence-electron chi connectivity index (χ4n) is 1.84. The maximum absolute atomic E-state index is 13.5. The molecule has 0 fully saturated rings. The molecule has 0 aromatic heterocycles. The predicted octanol–water partition coefficient (Wildman–Crippen LogP) is 0.718. The van der Waals surface area contributed by atoms with Gasteiger partial charge in [0.1, 0.15) is 11.9 Å². The molecule has 25 heavy (non-hydrogen) atoms. The van der Waals surface area contributed by atoms with E-state index < -0.39 is 59.0 Å². The molecule has 9 heteroatoms. The lowest BCUT2D eigenvalue weighted by Gasteiger charge is -2.27. The first-order valence-electron chi connectivity index (χ1n) is 7.51. The number of aliphatic hydroxyl groups excluding tert-OH is 2. The molecule has 2 amide bonds. The maximum Gasteiger partial charge on any atom is 0.254 e. The normalized spacial score (nSPS) is 13.9. The van der Waals surface area contributed by atoms with Crippen LogP contribution in [0.5, 0.6) is 0 Å². The lowest BCUT2D eigenvalue weighted by atomic mass is 9.87. The van der Waals surface area contributed by atoms with Gasteiger partial charge in [0, 0.05) is 24.1 Å². The van der Waals surface area contributed by atoms with Crippen LogP contribution in [0, 0.1) is 22.9 Å². The van der Waals surface area contributed by atoms with Gasteiger partial charge in [-0.25, -0.2) is 13.2 Å². The first-order chi connectivity index (χ1) is 11.5. The van der Waals surface area contributed by atoms with Crippen LogP contribution in [0.25, 0.3) is 0 Å². The molecule has 0 unspecified atom stereocenters. The lowest BCUT2D eigenvalue weighted by molar-refractivity contribution is -0.137. The van der Waals surface area contributed by atoms with E-state index in [1.807, 2.05) is 0 Å². The second-order valence-corrected chi connectivity index (χ2v) is 6.42. The minimum absolute atomic E-state index is 0.103. The number of halogens is 3. The molecule has 0 saturated carbocycles. The molecular weight excluding hydrogens is 341 g/mol. The van der Waals surface area contributed by atoms with E-state index in [1.165, 1.54) is 20.8 Å². The van der Waals surface area contributed by atoms with Crippen LogP contribution in [0.2, 0.25) is 0 Å². The Morgan fingerprint density at radius 1 is 1.16 bits per heavy atom. The second kappa shape index (κ2) is 8.30. The average molecular weight is 362 g/mol. The van der Waals surface area contributed by atoms with Crippen molar-refractivity contribution in [3.8, 4) is 0 Å². The van der Waals surface area contributed by atoms with Gasteiger partial charge < -0.3 is 20.8 Å². The number of carbonyl (C=O) groups excluding carboxylic acids is 2. The van der Waals surface area contributed by atoms with Gasteiger partial charge in [0.2, 0.25) is 5.91 Å². The highest BCUT2D eigenvalue weighted by atomic mass is 19.2. The Bertz CT molecular complexity index is 653. The van der Waals surface area contributed by atoms with Gasteiger partial charge in [0.05, 0.1) is 12.2 Å². The van der Waals surface area contributed by atoms with E-state index in [1.54, 1.807) is 0 Å². The van der Waals surface area contributed by atoms with Crippen molar-refractivity contribution >= 4 is 11.8 Å². The fourth-order valence-corrected chi connectivity index (χ4v) is 1.84. The number of benzene rings is 1. The van der Waals surface area contributed by atoms with E-state index in [0.717, 1.165) is 0 Å². The third kappa shape index (κ3) is 5.43. The van der Waals surface area contributed by atoms with Crippen LogP contribution >= 0.6 is 0 Å². The zero-order valence-electron chi connectivity index (χ0n) is 14.1. The topological polar surface area (TPSA) is 98.7 Å². The molecule has 6 nitrogen and oxygen atoms in total. The Balaban J connectivity index is 2.63. The zero-order valence-corrected chi connectivity index (χ0v) is 14.1. The smallest absolute Gasteiger partial charge is 0.254 e. The molecule has 1 rings (SSSR count). The van der Waals surface area contributed by atoms with Crippen molar-refractivity contribution in [2.75, 3.05) is 13.2 Å². The van der Waals surface area contributed by atoms with Gasteiger partial charge in [-0.3, -0.25) is 9.59 Å². The molecule has 0 heterocycles. The SMILES string of the molecule is C[C@H](CNC(=O)[C@H](O)C(C)(C)CO)NC(=O)c1cc(F)c(F)cc1F. The van der Waals surface area contributed by atoms with E-state index in [4.69, 9.17) is 5.11 Å². The number of hydrogen-bond acceptors (Lipinski definition) is 4. The van der Waals surface area contributed by atoms with Gasteiger partial charge in [-0.1, -0.05) is 13.8 Å². The van der Waals surface area contributed by atoms with Crippen molar-refractivity contribution < 1.29 is 33.0 Å². The van der Waals surface area contributed by atoms with Crippen molar-refractivity contribution in [3.63, 3.8) is 0 Å². The largest absolute Gasteiger partial charge is 0.396 e. The van der Waals surface area contributed by atoms with E-state index in [9.17, 15) is 27.9 Å². The van der Waals surface area contributed by atoms with Crippen LogP contribution in [-0.2, 0) is 4.79 Å². The average Bonchev–Trinajstić information content (AvgIpc) is 2.54. The van der Waals surface area contributed by atoms with Crippen molar-refractivity contribution in [1.82, 2.24) is 10.6 Å². The summed E-state index contributed by atoms with van der Waals surface area (Å²) in [6, 6.07) is 0.0245. The molecule has 0 aliphatic rings. The van der Waals surface area contributed by atoms with Gasteiger partial charge in [-0.05, 0) is 13.0 Å². The van der Waals surface area contributed by atoms with Crippen LogP contribution in [0.4, 0.5) is 13.2 Å². The maximum atomic E-state index is 13.5. The highest BCUT2D eigenvalue weighted by molar-refractivity contribution is 5.94. The molecule has 0 saturated heterocycles. The fraction of sp³-hybridized carbons (Fsp3) is 0.500. The molecule has 140 valence electrons. The Labute approximate surface area is 143 Å². The van der Waals surface area contributed by atoms with Gasteiger partial charge in [0.25, 0.3) is 5.91 Å². The highest BCUT2D eigenvalue weighted by Crippen LogP contribution is 2.19. The number of carbonyl (C=O) groups is 2. The minimum atomic E-state index is -1.47. The molecule has 4 N–H and O–H groups in total. The van der Waals surface area contributed by atoms with Crippen LogP contribution in [-0.4, -0.2) is 47.3 Å². The molecule has 1 aromatic rings. The van der Waals surface area contributed by atoms with Crippen LogP contribution in [0.1, 0.15) is 31.1 Å². The summed E-state index contributed by atoms with van der Waals surface area (Å²) in [4.78, 5) is 23.7. The molecule has 0 bridgehead atoms. The van der Waals surface area contributed by atoms with Gasteiger partial charge in [-0.2, -0.15) is 0 Å². The van der Waals surface area contributed by atoms with Crippen molar-refractivity contribution in [2.45, 2.75) is 32.9 Å². The molecule has 1 aromatic carbocycles. The highest BCUT2D eigenvalue weighted by Gasteiger charge is 2.33. The number of aliphatic hydroxyl groups is 2. The summed E-state index contributed by atoms with van der Waals surface area (Å²) in [6.07, 6.45) is -1.47. The van der Waals surface area contributed by atoms with E-state index in [0.29, 0.717) is 6.07 Å². The number of nitrogens with one attached hydrogen (secondary N) is 2. The second-order valence-electron chi connectivity index (χ2n) is 6.42. The van der Waals surface area contributed by atoms with Crippen molar-refractivity contribution in [3.05, 3.63) is 35.1 Å². The molecule has 0 aliphatic heterocycles. The zero-order chi connectivity index (χ0) is 19.4. The summed E-state index contributed by atoms with van der Waals surface area (Å²) in [7, 11) is 0. The van der Waals surface area contributed by atoms with E-state index in [-0.39, 0.29) is 12.6 Å². The standard InChI is InChI=1S/C16H21F3N2O4/c1-8(6-20-15(25)13(23)16(2,3)7-22)21-14(24)9-4-11(18)12(19)5-10(9)17/h4-5,8,13,22-23H,6-7H2,1-3H3,(H,20,25)(H,21,24)/t8-,13+/m1/s1. The third-order valence-corrected chi connectivity index (χ3v) is 3.61. The summed E-state index contributed by atoms with van der Waals surface area (Å²) in [5, 5.41) is 23.6. The Kier molecular flexibility index (Phi) is 6.95. The number of rotatable bonds is 7. The molecule has 0 spiro atoms. The van der Waals surface area contributed by atoms with Crippen LogP contribution in [0.15, 0.2) is 12.1 Å². The van der Waals surface area contributed by atoms with Crippen molar-refractivity contribution in [1.29, 1.82) is 0 Å². The molecule has 0 aliphatic carbocycles. The predicted molar refractivity (Wildman–Crippen MR) is 83.1 cm³/mol. The summed E-state index contributed by atoms with van der Waals surface area (Å²) >= 11 is 0. The summed E-state index contributed by atoms with van der Waals surface area (Å²) in [6.45, 7) is 3.96. The monoisotopic (exact) mass is 362 g/mol. The van der Waals surface area contributed by atoms with Crippen LogP contribution in [0.3, 0.4) is 0 Å². The molecule has 0 radical (unpaired) electrons. The van der Waals surface area contributed by atoms with Gasteiger partial charge in [-0.15, -0.1) is 0 Å². The molecule has 2 atom stereocenters. The van der Waals surface area contributed by atoms with Crippen LogP contribution < -0.4 is 10.6 Å². The van der Waals surface area contributed by atoms with E-state index >= 15 is 0 Å². The third-order valence-electron chi connectivity index (χ3n) is 3.61. The first-order valence-corrected chi connectivity index (χ1v) is 7.51. The first kappa shape index (κ1) is 20.9. The minimum Gasteiger partial charge on any atom is -0.396 e. The molecular formula is C16H21F3N2O4. The summed E-state index contributed by atoms with van der Waals surface area (Å²) in [5.74, 6) is -5.71. The number of hydrogen-bond donors (Lipinski definition) is 4.